The number of nitrogens with zero attached hydrogens (tertiary/aromatic N) is 4. The monoisotopic (exact) mass is 380 g/mol. The zero-order valence-corrected chi connectivity index (χ0v) is 15.1. The van der Waals surface area contributed by atoms with Crippen LogP contribution in [0.5, 0.6) is 0 Å². The highest BCUT2D eigenvalue weighted by atomic mass is 32.2. The van der Waals surface area contributed by atoms with Gasteiger partial charge in [-0.1, -0.05) is 11.3 Å². The maximum absolute atomic E-state index is 13.0. The van der Waals surface area contributed by atoms with Crippen molar-refractivity contribution in [2.45, 2.75) is 4.34 Å². The number of imidazole rings is 1. The topological polar surface area (TPSA) is 59.7 Å². The van der Waals surface area contributed by atoms with Crippen molar-refractivity contribution in [2.75, 3.05) is 38.6 Å². The fourth-order valence-corrected chi connectivity index (χ4v) is 4.90. The molecule has 1 aliphatic heterocycles. The molecule has 3 aromatic rings. The van der Waals surface area contributed by atoms with E-state index in [1.54, 1.807) is 22.8 Å². The van der Waals surface area contributed by atoms with E-state index in [4.69, 9.17) is 4.74 Å². The normalized spacial score (nSPS) is 17.2. The molecular formula is C16H17FN4O2S2. The van der Waals surface area contributed by atoms with Crippen LogP contribution in [0.2, 0.25) is 0 Å². The summed E-state index contributed by atoms with van der Waals surface area (Å²) in [6, 6.07) is 6.18. The molecular weight excluding hydrogens is 363 g/mol. The number of morpholine rings is 1. The molecule has 3 heterocycles. The van der Waals surface area contributed by atoms with Crippen LogP contribution in [-0.4, -0.2) is 62.3 Å². The second-order valence-electron chi connectivity index (χ2n) is 5.73. The van der Waals surface area contributed by atoms with Crippen LogP contribution in [0.25, 0.3) is 16.2 Å². The summed E-state index contributed by atoms with van der Waals surface area (Å²) in [5, 5.41) is 4.40. The molecule has 1 saturated heterocycles. The number of benzene rings is 1. The number of aromatic nitrogens is 3. The second kappa shape index (κ2) is 7.28. The molecule has 2 aromatic heterocycles. The smallest absolute Gasteiger partial charge is 0.213 e. The number of hydrogen-bond donors (Lipinski definition) is 0. The lowest BCUT2D eigenvalue weighted by molar-refractivity contribution is 0.0409. The fourth-order valence-electron chi connectivity index (χ4n) is 2.66. The van der Waals surface area contributed by atoms with Crippen LogP contribution >= 0.6 is 11.3 Å². The molecule has 0 bridgehead atoms. The molecule has 132 valence electrons. The molecule has 1 unspecified atom stereocenters. The predicted molar refractivity (Wildman–Crippen MR) is 94.8 cm³/mol. The van der Waals surface area contributed by atoms with E-state index < -0.39 is 10.8 Å². The molecule has 0 N–H and O–H groups in total. The van der Waals surface area contributed by atoms with E-state index >= 15 is 0 Å². The molecule has 0 aliphatic carbocycles. The van der Waals surface area contributed by atoms with E-state index in [1.807, 2.05) is 0 Å². The Labute approximate surface area is 150 Å². The van der Waals surface area contributed by atoms with Gasteiger partial charge in [-0.05, 0) is 24.3 Å². The summed E-state index contributed by atoms with van der Waals surface area (Å²) in [5.74, 6) is 0.280. The Hall–Kier alpha value is -1.68. The van der Waals surface area contributed by atoms with E-state index in [2.05, 4.69) is 15.0 Å². The molecule has 0 amide bonds. The lowest BCUT2D eigenvalue weighted by Crippen LogP contribution is -2.38. The van der Waals surface area contributed by atoms with Gasteiger partial charge in [0.25, 0.3) is 0 Å². The van der Waals surface area contributed by atoms with Crippen LogP contribution in [0.4, 0.5) is 4.39 Å². The average molecular weight is 380 g/mol. The first-order valence-corrected chi connectivity index (χ1v) is 10.1. The zero-order valence-electron chi connectivity index (χ0n) is 13.4. The van der Waals surface area contributed by atoms with E-state index in [-0.39, 0.29) is 5.82 Å². The summed E-state index contributed by atoms with van der Waals surface area (Å²) in [7, 11) is -1.14. The van der Waals surface area contributed by atoms with Crippen molar-refractivity contribution in [1.29, 1.82) is 0 Å². The van der Waals surface area contributed by atoms with Crippen LogP contribution in [0, 0.1) is 5.82 Å². The van der Waals surface area contributed by atoms with E-state index in [0.717, 1.165) is 44.1 Å². The minimum Gasteiger partial charge on any atom is -0.379 e. The summed E-state index contributed by atoms with van der Waals surface area (Å²) >= 11 is 1.33. The zero-order chi connectivity index (χ0) is 17.2. The van der Waals surface area contributed by atoms with Crippen molar-refractivity contribution in [3.8, 4) is 11.3 Å². The van der Waals surface area contributed by atoms with Crippen molar-refractivity contribution in [3.05, 3.63) is 36.3 Å². The number of ether oxygens (including phenoxy) is 1. The Morgan fingerprint density at radius 2 is 2.00 bits per heavy atom. The van der Waals surface area contributed by atoms with Crippen molar-refractivity contribution in [3.63, 3.8) is 0 Å². The maximum Gasteiger partial charge on any atom is 0.213 e. The number of fused-ring (bicyclic) bond motifs is 1. The highest BCUT2D eigenvalue weighted by Crippen LogP contribution is 2.24. The molecule has 25 heavy (non-hydrogen) atoms. The molecule has 6 nitrogen and oxygen atoms in total. The lowest BCUT2D eigenvalue weighted by atomic mass is 10.2. The van der Waals surface area contributed by atoms with Crippen LogP contribution < -0.4 is 0 Å². The van der Waals surface area contributed by atoms with Crippen molar-refractivity contribution in [1.82, 2.24) is 19.5 Å². The van der Waals surface area contributed by atoms with Gasteiger partial charge in [0.2, 0.25) is 9.30 Å². The first-order valence-electron chi connectivity index (χ1n) is 8.00. The molecule has 1 fully saturated rings. The Bertz CT molecular complexity index is 856. The molecule has 1 aromatic carbocycles. The van der Waals surface area contributed by atoms with Crippen LogP contribution in [0.1, 0.15) is 0 Å². The van der Waals surface area contributed by atoms with E-state index in [9.17, 15) is 8.60 Å². The Balaban J connectivity index is 1.45. The van der Waals surface area contributed by atoms with Gasteiger partial charge in [0.05, 0.1) is 35.9 Å². The summed E-state index contributed by atoms with van der Waals surface area (Å²) in [6.07, 6.45) is 1.78. The van der Waals surface area contributed by atoms with Crippen LogP contribution in [0.15, 0.2) is 34.8 Å². The standard InChI is InChI=1S/C16H17FN4O2S2/c17-13-3-1-12(2-4-13)14-11-21-15(18-14)24-16(19-21)25(22)10-7-20-5-8-23-9-6-20/h1-4,11H,5-10H2. The summed E-state index contributed by atoms with van der Waals surface area (Å²) in [4.78, 5) is 7.45. The number of rotatable bonds is 5. The first-order chi connectivity index (χ1) is 12.2. The third-order valence-electron chi connectivity index (χ3n) is 4.06. The van der Waals surface area contributed by atoms with Gasteiger partial charge >= 0.3 is 0 Å². The lowest BCUT2D eigenvalue weighted by Gasteiger charge is -2.25. The van der Waals surface area contributed by atoms with Gasteiger partial charge in [-0.3, -0.25) is 9.11 Å². The van der Waals surface area contributed by atoms with E-state index in [0.29, 0.717) is 15.1 Å². The molecule has 0 saturated carbocycles. The van der Waals surface area contributed by atoms with Crippen LogP contribution in [-0.2, 0) is 15.5 Å². The van der Waals surface area contributed by atoms with Crippen molar-refractivity contribution >= 4 is 27.1 Å². The minimum atomic E-state index is -1.14. The molecule has 4 rings (SSSR count). The third-order valence-corrected chi connectivity index (χ3v) is 6.61. The summed E-state index contributed by atoms with van der Waals surface area (Å²) in [5.41, 5.74) is 1.55. The largest absolute Gasteiger partial charge is 0.379 e. The molecule has 1 atom stereocenters. The summed E-state index contributed by atoms with van der Waals surface area (Å²) in [6.45, 7) is 4.03. The maximum atomic E-state index is 13.0. The Kier molecular flexibility index (Phi) is 4.89. The van der Waals surface area contributed by atoms with Gasteiger partial charge < -0.3 is 4.74 Å². The van der Waals surface area contributed by atoms with Gasteiger partial charge in [0, 0.05) is 31.0 Å². The van der Waals surface area contributed by atoms with Crippen LogP contribution in [0.3, 0.4) is 0 Å². The molecule has 0 radical (unpaired) electrons. The molecule has 0 spiro atoms. The van der Waals surface area contributed by atoms with Crippen molar-refractivity contribution < 1.29 is 13.3 Å². The molecule has 9 heteroatoms. The van der Waals surface area contributed by atoms with Gasteiger partial charge in [0.15, 0.2) is 0 Å². The van der Waals surface area contributed by atoms with E-state index in [1.165, 1.54) is 23.5 Å². The van der Waals surface area contributed by atoms with Gasteiger partial charge in [-0.25, -0.2) is 13.9 Å². The highest BCUT2D eigenvalue weighted by Gasteiger charge is 2.16. The van der Waals surface area contributed by atoms with Gasteiger partial charge in [0.1, 0.15) is 5.82 Å². The number of hydrogen-bond acceptors (Lipinski definition) is 6. The number of halogens is 1. The fraction of sp³-hybridized carbons (Fsp3) is 0.375. The predicted octanol–water partition coefficient (Wildman–Crippen LogP) is 2.04. The molecule has 1 aliphatic rings. The first kappa shape index (κ1) is 16.8. The average Bonchev–Trinajstić information content (AvgIpc) is 3.20. The third kappa shape index (κ3) is 3.79. The Morgan fingerprint density at radius 1 is 1.24 bits per heavy atom. The second-order valence-corrected chi connectivity index (χ2v) is 8.43. The quantitative estimate of drug-likeness (QED) is 0.678. The van der Waals surface area contributed by atoms with Crippen molar-refractivity contribution in [2.24, 2.45) is 0 Å². The highest BCUT2D eigenvalue weighted by molar-refractivity contribution is 7.87. The van der Waals surface area contributed by atoms with Gasteiger partial charge in [-0.2, -0.15) is 0 Å². The minimum absolute atomic E-state index is 0.277. The Morgan fingerprint density at radius 3 is 2.72 bits per heavy atom. The SMILES string of the molecule is O=S(CCN1CCOCC1)c1nn2cc(-c3ccc(F)cc3)nc2s1. The summed E-state index contributed by atoms with van der Waals surface area (Å²) < 4.78 is 33.0. The van der Waals surface area contributed by atoms with Gasteiger partial charge in [-0.15, -0.1) is 5.10 Å².